The van der Waals surface area contributed by atoms with E-state index in [1.165, 1.54) is 0 Å². The van der Waals surface area contributed by atoms with Gasteiger partial charge in [-0.25, -0.2) is 0 Å². The first-order chi connectivity index (χ1) is 13.5. The van der Waals surface area contributed by atoms with Gasteiger partial charge in [-0.15, -0.1) is 0 Å². The second-order valence-corrected chi connectivity index (χ2v) is 6.79. The molecule has 0 fully saturated rings. The van der Waals surface area contributed by atoms with Crippen molar-refractivity contribution in [1.29, 1.82) is 5.26 Å². The smallest absolute Gasteiger partial charge is 0.163 e. The lowest BCUT2D eigenvalue weighted by Crippen LogP contribution is -2.12. The van der Waals surface area contributed by atoms with Crippen LogP contribution in [0.2, 0.25) is 10.0 Å². The van der Waals surface area contributed by atoms with Crippen molar-refractivity contribution in [2.24, 2.45) is 0 Å². The molecule has 144 valence electrons. The summed E-state index contributed by atoms with van der Waals surface area (Å²) >= 11 is 12.2. The van der Waals surface area contributed by atoms with E-state index in [2.05, 4.69) is 11.1 Å². The highest BCUT2D eigenvalue weighted by Gasteiger charge is 2.18. The van der Waals surface area contributed by atoms with Gasteiger partial charge < -0.3 is 14.4 Å². The minimum absolute atomic E-state index is 0.438. The van der Waals surface area contributed by atoms with E-state index >= 15 is 0 Å². The van der Waals surface area contributed by atoms with Gasteiger partial charge in [0.15, 0.2) is 11.5 Å². The molecule has 0 amide bonds. The van der Waals surface area contributed by atoms with Crippen LogP contribution in [-0.2, 0) is 0 Å². The largest absolute Gasteiger partial charge is 0.490 e. The van der Waals surface area contributed by atoms with E-state index in [0.717, 1.165) is 11.1 Å². The summed E-state index contributed by atoms with van der Waals surface area (Å²) in [5, 5.41) is 11.4. The predicted molar refractivity (Wildman–Crippen MR) is 113 cm³/mol. The number of pyridine rings is 1. The van der Waals surface area contributed by atoms with Crippen LogP contribution in [-0.4, -0.2) is 25.2 Å². The molecule has 0 unspecified atom stereocenters. The quantitative estimate of drug-likeness (QED) is 0.495. The molecule has 3 aromatic rings. The molecule has 5 nitrogen and oxygen atoms in total. The number of nitriles is 1. The Morgan fingerprint density at radius 2 is 1.71 bits per heavy atom. The zero-order valence-electron chi connectivity index (χ0n) is 15.8. The molecule has 28 heavy (non-hydrogen) atoms. The molecule has 0 spiro atoms. The number of ether oxygens (including phenoxy) is 2. The number of nitrogens with zero attached hydrogens (tertiary/aromatic N) is 3. The molecular weight excluding hydrogens is 397 g/mol. The van der Waals surface area contributed by atoms with Gasteiger partial charge in [-0.2, -0.15) is 5.26 Å². The average Bonchev–Trinajstić information content (AvgIpc) is 2.69. The average molecular weight is 416 g/mol. The zero-order chi connectivity index (χ0) is 20.3. The third-order valence-corrected chi connectivity index (χ3v) is 4.99. The Kier molecular flexibility index (Phi) is 6.13. The minimum Gasteiger partial charge on any atom is -0.490 e. The van der Waals surface area contributed by atoms with Crippen molar-refractivity contribution < 1.29 is 9.47 Å². The highest BCUT2D eigenvalue weighted by Crippen LogP contribution is 2.40. The topological polar surface area (TPSA) is 58.4 Å². The highest BCUT2D eigenvalue weighted by atomic mass is 35.5. The van der Waals surface area contributed by atoms with Crippen molar-refractivity contribution in [2.45, 2.75) is 13.8 Å². The van der Waals surface area contributed by atoms with Crippen molar-refractivity contribution in [2.75, 3.05) is 25.2 Å². The van der Waals surface area contributed by atoms with Crippen LogP contribution in [0.1, 0.15) is 19.4 Å². The number of hydrogen-bond acceptors (Lipinski definition) is 5. The maximum atomic E-state index is 9.66. The monoisotopic (exact) mass is 415 g/mol. The van der Waals surface area contributed by atoms with Crippen molar-refractivity contribution in [1.82, 2.24) is 4.98 Å². The molecule has 0 aliphatic rings. The number of fused-ring (bicyclic) bond motifs is 1. The van der Waals surface area contributed by atoms with Gasteiger partial charge in [-0.3, -0.25) is 4.98 Å². The first-order valence-corrected chi connectivity index (χ1v) is 9.56. The fourth-order valence-corrected chi connectivity index (χ4v) is 3.28. The summed E-state index contributed by atoms with van der Waals surface area (Å²) in [7, 11) is 1.87. The summed E-state index contributed by atoms with van der Waals surface area (Å²) < 4.78 is 11.4. The van der Waals surface area contributed by atoms with E-state index < -0.39 is 0 Å². The van der Waals surface area contributed by atoms with Gasteiger partial charge in [0, 0.05) is 30.4 Å². The molecular formula is C21H19Cl2N3O2. The Labute approximate surface area is 174 Å². The molecule has 0 aliphatic heterocycles. The molecule has 0 atom stereocenters. The van der Waals surface area contributed by atoms with E-state index in [0.29, 0.717) is 51.5 Å². The van der Waals surface area contributed by atoms with E-state index in [9.17, 15) is 5.26 Å². The molecule has 2 aromatic carbocycles. The number of rotatable bonds is 6. The second-order valence-electron chi connectivity index (χ2n) is 5.97. The standard InChI is InChI=1S/C21H19Cl2N3O2/c1-4-27-19-9-15-18(10-20(19)28-5-2)25-12-13(11-24)21(15)26(3)14-6-7-16(22)17(23)8-14/h6-10,12H,4-5H2,1-3H3. The van der Waals surface area contributed by atoms with Gasteiger partial charge in [-0.1, -0.05) is 23.2 Å². The van der Waals surface area contributed by atoms with Crippen LogP contribution in [0.15, 0.2) is 36.5 Å². The first kappa shape index (κ1) is 20.1. The van der Waals surface area contributed by atoms with E-state index in [4.69, 9.17) is 32.7 Å². The summed E-state index contributed by atoms with van der Waals surface area (Å²) in [5.74, 6) is 1.23. The van der Waals surface area contributed by atoms with Gasteiger partial charge in [0.1, 0.15) is 6.07 Å². The van der Waals surface area contributed by atoms with Gasteiger partial charge in [0.25, 0.3) is 0 Å². The Bertz CT molecular complexity index is 1060. The Balaban J connectivity index is 2.25. The lowest BCUT2D eigenvalue weighted by molar-refractivity contribution is 0.288. The Morgan fingerprint density at radius 1 is 1.04 bits per heavy atom. The molecule has 0 N–H and O–H groups in total. The summed E-state index contributed by atoms with van der Waals surface area (Å²) in [6, 6.07) is 11.2. The number of benzene rings is 2. The fourth-order valence-electron chi connectivity index (χ4n) is 2.99. The van der Waals surface area contributed by atoms with Crippen molar-refractivity contribution in [3.63, 3.8) is 0 Å². The minimum atomic E-state index is 0.438. The van der Waals surface area contributed by atoms with Gasteiger partial charge in [-0.05, 0) is 38.1 Å². The van der Waals surface area contributed by atoms with Crippen LogP contribution < -0.4 is 14.4 Å². The third-order valence-electron chi connectivity index (χ3n) is 4.25. The lowest BCUT2D eigenvalue weighted by Gasteiger charge is -2.23. The van der Waals surface area contributed by atoms with E-state index in [-0.39, 0.29) is 0 Å². The zero-order valence-corrected chi connectivity index (χ0v) is 17.3. The van der Waals surface area contributed by atoms with E-state index in [1.807, 2.05) is 44.0 Å². The molecule has 1 aromatic heterocycles. The van der Waals surface area contributed by atoms with Crippen LogP contribution in [0, 0.1) is 11.3 Å². The molecule has 0 bridgehead atoms. The second kappa shape index (κ2) is 8.55. The molecule has 0 radical (unpaired) electrons. The maximum Gasteiger partial charge on any atom is 0.163 e. The summed E-state index contributed by atoms with van der Waals surface area (Å²) in [6.07, 6.45) is 1.56. The SMILES string of the molecule is CCOc1cc2ncc(C#N)c(N(C)c3ccc(Cl)c(Cl)c3)c2cc1OCC. The Hall–Kier alpha value is -2.68. The summed E-state index contributed by atoms with van der Waals surface area (Å²) in [6.45, 7) is 4.83. The highest BCUT2D eigenvalue weighted by molar-refractivity contribution is 6.42. The van der Waals surface area contributed by atoms with Gasteiger partial charge in [0.05, 0.1) is 40.0 Å². The Morgan fingerprint density at radius 3 is 2.32 bits per heavy atom. The van der Waals surface area contributed by atoms with Crippen molar-refractivity contribution >= 4 is 45.5 Å². The number of aromatic nitrogens is 1. The molecule has 7 heteroatoms. The molecule has 1 heterocycles. The molecule has 0 aliphatic carbocycles. The summed E-state index contributed by atoms with van der Waals surface area (Å²) in [4.78, 5) is 6.32. The first-order valence-electron chi connectivity index (χ1n) is 8.81. The third kappa shape index (κ3) is 3.80. The van der Waals surface area contributed by atoms with Crippen molar-refractivity contribution in [3.8, 4) is 17.6 Å². The van der Waals surface area contributed by atoms with Gasteiger partial charge in [0.2, 0.25) is 0 Å². The van der Waals surface area contributed by atoms with E-state index in [1.54, 1.807) is 18.3 Å². The summed E-state index contributed by atoms with van der Waals surface area (Å²) in [5.41, 5.74) is 2.64. The van der Waals surface area contributed by atoms with Gasteiger partial charge >= 0.3 is 0 Å². The molecule has 0 saturated heterocycles. The molecule has 0 saturated carbocycles. The number of anilines is 2. The van der Waals surface area contributed by atoms with Crippen LogP contribution >= 0.6 is 23.2 Å². The van der Waals surface area contributed by atoms with Crippen LogP contribution in [0.5, 0.6) is 11.5 Å². The van der Waals surface area contributed by atoms with Crippen molar-refractivity contribution in [3.05, 3.63) is 52.1 Å². The maximum absolute atomic E-state index is 9.66. The molecule has 3 rings (SSSR count). The number of halogens is 2. The van der Waals surface area contributed by atoms with Crippen LogP contribution in [0.25, 0.3) is 10.9 Å². The van der Waals surface area contributed by atoms with Crippen LogP contribution in [0.3, 0.4) is 0 Å². The predicted octanol–water partition coefficient (Wildman–Crippen LogP) is 5.98. The van der Waals surface area contributed by atoms with Crippen LogP contribution in [0.4, 0.5) is 11.4 Å². The lowest BCUT2D eigenvalue weighted by atomic mass is 10.1. The number of hydrogen-bond donors (Lipinski definition) is 0. The normalized spacial score (nSPS) is 10.6. The fraction of sp³-hybridized carbons (Fsp3) is 0.238.